The van der Waals surface area contributed by atoms with E-state index in [2.05, 4.69) is 19.2 Å². The Morgan fingerprint density at radius 3 is 2.56 bits per heavy atom. The van der Waals surface area contributed by atoms with Gasteiger partial charge in [-0.3, -0.25) is 4.79 Å². The number of ether oxygens (including phenoxy) is 1. The van der Waals surface area contributed by atoms with Crippen molar-refractivity contribution in [1.82, 2.24) is 5.32 Å². The van der Waals surface area contributed by atoms with Crippen LogP contribution < -0.4 is 5.32 Å². The second-order valence-electron chi connectivity index (χ2n) is 8.41. The van der Waals surface area contributed by atoms with Gasteiger partial charge < -0.3 is 10.1 Å². The number of esters is 1. The average molecular weight is 388 g/mol. The summed E-state index contributed by atoms with van der Waals surface area (Å²) in [6, 6.07) is 7.39. The molecule has 1 aromatic carbocycles. The Balaban J connectivity index is 2.19. The van der Waals surface area contributed by atoms with Crippen LogP contribution in [0.2, 0.25) is 5.02 Å². The first-order valence-corrected chi connectivity index (χ1v) is 9.68. The minimum Gasteiger partial charge on any atom is -0.460 e. The van der Waals surface area contributed by atoms with E-state index >= 15 is 0 Å². The lowest BCUT2D eigenvalue weighted by Gasteiger charge is -2.39. The predicted octanol–water partition coefficient (Wildman–Crippen LogP) is 4.90. The third-order valence-corrected chi connectivity index (χ3v) is 5.36. The molecule has 0 spiro atoms. The molecule has 0 saturated heterocycles. The number of halogens is 1. The summed E-state index contributed by atoms with van der Waals surface area (Å²) in [5.41, 5.74) is 3.35. The molecule has 0 saturated carbocycles. The largest absolute Gasteiger partial charge is 0.460 e. The second kappa shape index (κ2) is 7.16. The van der Waals surface area contributed by atoms with Gasteiger partial charge in [-0.25, -0.2) is 4.79 Å². The molecule has 1 aliphatic carbocycles. The zero-order chi connectivity index (χ0) is 19.9. The number of ketones is 1. The van der Waals surface area contributed by atoms with Gasteiger partial charge in [0.1, 0.15) is 0 Å². The quantitative estimate of drug-likeness (QED) is 0.750. The molecule has 4 nitrogen and oxygen atoms in total. The molecule has 0 aromatic heterocycles. The first-order valence-electron chi connectivity index (χ1n) is 9.30. The van der Waals surface area contributed by atoms with Crippen LogP contribution in [0.1, 0.15) is 58.9 Å². The van der Waals surface area contributed by atoms with Crippen LogP contribution in [0.25, 0.3) is 0 Å². The lowest BCUT2D eigenvalue weighted by atomic mass is 9.68. The van der Waals surface area contributed by atoms with Crippen molar-refractivity contribution in [1.29, 1.82) is 0 Å². The van der Waals surface area contributed by atoms with E-state index in [4.69, 9.17) is 16.3 Å². The zero-order valence-corrected chi connectivity index (χ0v) is 17.2. The summed E-state index contributed by atoms with van der Waals surface area (Å²) in [7, 11) is 0. The normalized spacial score (nSPS) is 21.9. The molecule has 3 rings (SSSR count). The molecular formula is C22H26ClNO3. The molecule has 1 N–H and O–H groups in total. The predicted molar refractivity (Wildman–Crippen MR) is 106 cm³/mol. The van der Waals surface area contributed by atoms with Gasteiger partial charge in [-0.15, -0.1) is 0 Å². The number of carbonyl (C=O) groups excluding carboxylic acids is 2. The summed E-state index contributed by atoms with van der Waals surface area (Å²) in [6.45, 7) is 9.66. The molecule has 0 fully saturated rings. The number of rotatable bonds is 3. The Hall–Kier alpha value is -2.07. The number of hydrogen-bond donors (Lipinski definition) is 1. The van der Waals surface area contributed by atoms with Gasteiger partial charge >= 0.3 is 5.97 Å². The number of dihydropyridines is 1. The van der Waals surface area contributed by atoms with Gasteiger partial charge in [0.2, 0.25) is 0 Å². The first-order chi connectivity index (χ1) is 12.6. The van der Waals surface area contributed by atoms with Crippen LogP contribution in [0.4, 0.5) is 0 Å². The van der Waals surface area contributed by atoms with Crippen molar-refractivity contribution < 1.29 is 14.3 Å². The van der Waals surface area contributed by atoms with Crippen LogP contribution in [0, 0.1) is 5.41 Å². The van der Waals surface area contributed by atoms with E-state index in [0.717, 1.165) is 23.4 Å². The average Bonchev–Trinajstić information content (AvgIpc) is 2.51. The summed E-state index contributed by atoms with van der Waals surface area (Å²) in [4.78, 5) is 26.0. The molecule has 1 aliphatic heterocycles. The molecule has 0 bridgehead atoms. The molecular weight excluding hydrogens is 362 g/mol. The van der Waals surface area contributed by atoms with Crippen LogP contribution >= 0.6 is 11.6 Å². The fourth-order valence-corrected chi connectivity index (χ4v) is 4.25. The van der Waals surface area contributed by atoms with Crippen molar-refractivity contribution in [3.05, 3.63) is 57.4 Å². The van der Waals surface area contributed by atoms with Gasteiger partial charge in [0.25, 0.3) is 0 Å². The third-order valence-electron chi connectivity index (χ3n) is 5.02. The van der Waals surface area contributed by atoms with Gasteiger partial charge in [-0.05, 0) is 44.2 Å². The highest BCUT2D eigenvalue weighted by Crippen LogP contribution is 2.48. The van der Waals surface area contributed by atoms with E-state index in [1.165, 1.54) is 0 Å². The SMILES string of the molecule is CC1=C(C(=O)OC(C)C)[C@@H](c2ccccc2Cl)C2=C(CC(C)(C)CC2=O)N1. The summed E-state index contributed by atoms with van der Waals surface area (Å²) in [5, 5.41) is 3.86. The van der Waals surface area contributed by atoms with Crippen molar-refractivity contribution >= 4 is 23.4 Å². The van der Waals surface area contributed by atoms with E-state index < -0.39 is 11.9 Å². The second-order valence-corrected chi connectivity index (χ2v) is 8.81. The lowest BCUT2D eigenvalue weighted by Crippen LogP contribution is -2.39. The highest BCUT2D eigenvalue weighted by atomic mass is 35.5. The van der Waals surface area contributed by atoms with E-state index in [1.807, 2.05) is 39.0 Å². The number of nitrogens with one attached hydrogen (secondary N) is 1. The maximum absolute atomic E-state index is 13.1. The van der Waals surface area contributed by atoms with E-state index in [-0.39, 0.29) is 17.3 Å². The summed E-state index contributed by atoms with van der Waals surface area (Å²) in [6.07, 6.45) is 0.944. The highest BCUT2D eigenvalue weighted by molar-refractivity contribution is 6.31. The Morgan fingerprint density at radius 2 is 1.93 bits per heavy atom. The van der Waals surface area contributed by atoms with Gasteiger partial charge in [-0.2, -0.15) is 0 Å². The Morgan fingerprint density at radius 1 is 1.26 bits per heavy atom. The molecule has 1 aromatic rings. The van der Waals surface area contributed by atoms with Crippen LogP contribution in [-0.2, 0) is 14.3 Å². The smallest absolute Gasteiger partial charge is 0.337 e. The molecule has 27 heavy (non-hydrogen) atoms. The molecule has 144 valence electrons. The number of allylic oxidation sites excluding steroid dienone is 3. The van der Waals surface area contributed by atoms with Crippen molar-refractivity contribution in [3.8, 4) is 0 Å². The van der Waals surface area contributed by atoms with Crippen LogP contribution in [0.5, 0.6) is 0 Å². The standard InChI is InChI=1S/C22H26ClNO3/c1-12(2)27-21(26)18-13(3)24-16-10-22(4,5)11-17(25)20(16)19(18)14-8-6-7-9-15(14)23/h6-9,12,19,24H,10-11H2,1-5H3/t19-/m1/s1. The van der Waals surface area contributed by atoms with Crippen molar-refractivity contribution in [3.63, 3.8) is 0 Å². The minimum absolute atomic E-state index is 0.0565. The molecule has 0 radical (unpaired) electrons. The van der Waals surface area contributed by atoms with E-state index in [9.17, 15) is 9.59 Å². The molecule has 1 atom stereocenters. The van der Waals surface area contributed by atoms with Gasteiger partial charge in [-0.1, -0.05) is 43.6 Å². The Labute approximate surface area is 165 Å². The molecule has 5 heteroatoms. The minimum atomic E-state index is -0.509. The number of hydrogen-bond acceptors (Lipinski definition) is 4. The lowest BCUT2D eigenvalue weighted by molar-refractivity contribution is -0.143. The number of carbonyl (C=O) groups is 2. The molecule has 1 heterocycles. The maximum Gasteiger partial charge on any atom is 0.337 e. The van der Waals surface area contributed by atoms with E-state index in [0.29, 0.717) is 22.6 Å². The van der Waals surface area contributed by atoms with Crippen molar-refractivity contribution in [2.24, 2.45) is 5.41 Å². The first kappa shape index (κ1) is 19.7. The topological polar surface area (TPSA) is 55.4 Å². The van der Waals surface area contributed by atoms with Crippen molar-refractivity contribution in [2.45, 2.75) is 59.5 Å². The van der Waals surface area contributed by atoms with Crippen LogP contribution in [-0.4, -0.2) is 17.9 Å². The fraction of sp³-hybridized carbons (Fsp3) is 0.455. The zero-order valence-electron chi connectivity index (χ0n) is 16.5. The Bertz CT molecular complexity index is 864. The van der Waals surface area contributed by atoms with E-state index in [1.54, 1.807) is 6.07 Å². The molecule has 0 unspecified atom stereocenters. The fourth-order valence-electron chi connectivity index (χ4n) is 4.00. The van der Waals surface area contributed by atoms with Crippen LogP contribution in [0.3, 0.4) is 0 Å². The van der Waals surface area contributed by atoms with Gasteiger partial charge in [0, 0.05) is 34.3 Å². The Kier molecular flexibility index (Phi) is 5.22. The molecule has 0 amide bonds. The number of Topliss-reactive ketones (excluding diaryl/α,β-unsaturated/α-hetero) is 1. The van der Waals surface area contributed by atoms with Gasteiger partial charge in [0.05, 0.1) is 11.7 Å². The van der Waals surface area contributed by atoms with Crippen molar-refractivity contribution in [2.75, 3.05) is 0 Å². The maximum atomic E-state index is 13.1. The third kappa shape index (κ3) is 3.81. The molecule has 2 aliphatic rings. The summed E-state index contributed by atoms with van der Waals surface area (Å²) >= 11 is 6.49. The monoisotopic (exact) mass is 387 g/mol. The summed E-state index contributed by atoms with van der Waals surface area (Å²) < 4.78 is 5.49. The number of benzene rings is 1. The van der Waals surface area contributed by atoms with Crippen LogP contribution in [0.15, 0.2) is 46.8 Å². The summed E-state index contributed by atoms with van der Waals surface area (Å²) in [5.74, 6) is -0.866. The van der Waals surface area contributed by atoms with Gasteiger partial charge in [0.15, 0.2) is 5.78 Å². The highest BCUT2D eigenvalue weighted by Gasteiger charge is 2.43.